The van der Waals surface area contributed by atoms with Crippen LogP contribution in [-0.2, 0) is 0 Å². The molecule has 0 fully saturated rings. The Morgan fingerprint density at radius 1 is 1.14 bits per heavy atom. The van der Waals surface area contributed by atoms with Crippen LogP contribution in [0.5, 0.6) is 0 Å². The van der Waals surface area contributed by atoms with Crippen LogP contribution in [0.2, 0.25) is 5.02 Å². The van der Waals surface area contributed by atoms with Gasteiger partial charge >= 0.3 is 0 Å². The second kappa shape index (κ2) is 6.86. The van der Waals surface area contributed by atoms with Crippen LogP contribution in [0.15, 0.2) is 34.8 Å². The van der Waals surface area contributed by atoms with Crippen LogP contribution in [0.3, 0.4) is 0 Å². The van der Waals surface area contributed by atoms with Crippen LogP contribution in [-0.4, -0.2) is 6.54 Å². The summed E-state index contributed by atoms with van der Waals surface area (Å²) in [7, 11) is 0. The number of rotatable bonds is 4. The van der Waals surface area contributed by atoms with E-state index in [1.807, 2.05) is 26.0 Å². The Balaban J connectivity index is 2.55. The molecule has 0 heterocycles. The number of nitrogens with one attached hydrogen (secondary N) is 1. The van der Waals surface area contributed by atoms with Gasteiger partial charge in [-0.05, 0) is 64.8 Å². The van der Waals surface area contributed by atoms with Gasteiger partial charge in [-0.3, -0.25) is 0 Å². The first-order valence-electron chi connectivity index (χ1n) is 6.57. The van der Waals surface area contributed by atoms with Gasteiger partial charge in [0.05, 0.1) is 10.5 Å². The van der Waals surface area contributed by atoms with E-state index in [9.17, 15) is 8.78 Å². The molecule has 1 atom stereocenters. The molecule has 1 N–H and O–H groups in total. The summed E-state index contributed by atoms with van der Waals surface area (Å²) in [6, 6.07) is 7.41. The maximum Gasteiger partial charge on any atom is 0.137 e. The van der Waals surface area contributed by atoms with Crippen molar-refractivity contribution in [2.24, 2.45) is 0 Å². The topological polar surface area (TPSA) is 12.0 Å². The maximum absolute atomic E-state index is 14.2. The van der Waals surface area contributed by atoms with Crippen molar-refractivity contribution in [2.45, 2.75) is 19.9 Å². The average molecular weight is 375 g/mol. The summed E-state index contributed by atoms with van der Waals surface area (Å²) in [4.78, 5) is 0. The van der Waals surface area contributed by atoms with Gasteiger partial charge in [-0.15, -0.1) is 0 Å². The summed E-state index contributed by atoms with van der Waals surface area (Å²) in [6.45, 7) is 4.45. The molecular weight excluding hydrogens is 360 g/mol. The van der Waals surface area contributed by atoms with Gasteiger partial charge < -0.3 is 5.32 Å². The lowest BCUT2D eigenvalue weighted by molar-refractivity contribution is 0.542. The fraction of sp³-hybridized carbons (Fsp3) is 0.250. The van der Waals surface area contributed by atoms with Crippen LogP contribution in [0.1, 0.15) is 29.7 Å². The van der Waals surface area contributed by atoms with E-state index in [2.05, 4.69) is 21.2 Å². The first-order chi connectivity index (χ1) is 9.92. The van der Waals surface area contributed by atoms with Gasteiger partial charge in [-0.25, -0.2) is 8.78 Å². The van der Waals surface area contributed by atoms with Gasteiger partial charge in [-0.1, -0.05) is 24.6 Å². The third kappa shape index (κ3) is 3.82. The molecule has 0 aliphatic heterocycles. The van der Waals surface area contributed by atoms with Crippen molar-refractivity contribution in [2.75, 3.05) is 6.54 Å². The lowest BCUT2D eigenvalue weighted by Gasteiger charge is -2.21. The largest absolute Gasteiger partial charge is 0.306 e. The first kappa shape index (κ1) is 16.4. The van der Waals surface area contributed by atoms with Crippen LogP contribution in [0, 0.1) is 18.6 Å². The fourth-order valence-corrected chi connectivity index (χ4v) is 2.92. The van der Waals surface area contributed by atoms with E-state index >= 15 is 0 Å². The van der Waals surface area contributed by atoms with Crippen molar-refractivity contribution in [3.63, 3.8) is 0 Å². The van der Waals surface area contributed by atoms with Crippen molar-refractivity contribution in [3.05, 3.63) is 68.2 Å². The van der Waals surface area contributed by atoms with E-state index in [0.29, 0.717) is 11.6 Å². The van der Waals surface area contributed by atoms with Crippen molar-refractivity contribution >= 4 is 27.5 Å². The molecule has 1 unspecified atom stereocenters. The van der Waals surface area contributed by atoms with Gasteiger partial charge in [0.2, 0.25) is 0 Å². The summed E-state index contributed by atoms with van der Waals surface area (Å²) in [5.74, 6) is -0.958. The predicted octanol–water partition coefficient (Wildman–Crippen LogP) is 5.39. The third-order valence-corrected chi connectivity index (χ3v) is 3.98. The predicted molar refractivity (Wildman–Crippen MR) is 85.8 cm³/mol. The molecule has 0 aliphatic carbocycles. The van der Waals surface area contributed by atoms with Gasteiger partial charge in [-0.2, -0.15) is 0 Å². The number of benzene rings is 2. The Morgan fingerprint density at radius 2 is 1.86 bits per heavy atom. The minimum absolute atomic E-state index is 0.112. The highest BCUT2D eigenvalue weighted by molar-refractivity contribution is 9.10. The van der Waals surface area contributed by atoms with Crippen molar-refractivity contribution in [1.29, 1.82) is 0 Å². The molecule has 0 spiro atoms. The van der Waals surface area contributed by atoms with E-state index < -0.39 is 17.7 Å². The summed E-state index contributed by atoms with van der Waals surface area (Å²) in [5.41, 5.74) is 2.04. The normalized spacial score (nSPS) is 12.5. The van der Waals surface area contributed by atoms with Crippen molar-refractivity contribution in [1.82, 2.24) is 5.32 Å². The van der Waals surface area contributed by atoms with Crippen LogP contribution in [0.25, 0.3) is 0 Å². The molecule has 112 valence electrons. The van der Waals surface area contributed by atoms with E-state index in [1.165, 1.54) is 6.07 Å². The van der Waals surface area contributed by atoms with Gasteiger partial charge in [0.15, 0.2) is 0 Å². The molecule has 2 rings (SSSR count). The Bertz CT molecular complexity index is 641. The van der Waals surface area contributed by atoms with Crippen LogP contribution < -0.4 is 5.32 Å². The molecule has 21 heavy (non-hydrogen) atoms. The molecule has 0 aromatic heterocycles. The molecule has 0 radical (unpaired) electrons. The Hall–Kier alpha value is -0.970. The number of hydrogen-bond donors (Lipinski definition) is 1. The molecule has 0 amide bonds. The summed E-state index contributed by atoms with van der Waals surface area (Å²) < 4.78 is 28.1. The van der Waals surface area contributed by atoms with E-state index in [0.717, 1.165) is 17.2 Å². The SMILES string of the molecule is CCNC(c1cc(C)cc(Cl)c1)c1cc(F)c(Br)cc1F. The molecule has 1 nitrogen and oxygen atoms in total. The Labute approximate surface area is 136 Å². The lowest BCUT2D eigenvalue weighted by Crippen LogP contribution is -2.23. The van der Waals surface area contributed by atoms with Crippen LogP contribution in [0.4, 0.5) is 8.78 Å². The zero-order valence-electron chi connectivity index (χ0n) is 11.7. The first-order valence-corrected chi connectivity index (χ1v) is 7.74. The minimum Gasteiger partial charge on any atom is -0.306 e. The lowest BCUT2D eigenvalue weighted by atomic mass is 9.96. The Kier molecular flexibility index (Phi) is 5.36. The second-order valence-corrected chi connectivity index (χ2v) is 6.13. The standard InChI is InChI=1S/C16H15BrClF2N/c1-3-21-16(10-4-9(2)5-11(18)6-10)12-7-15(20)13(17)8-14(12)19/h4-8,16,21H,3H2,1-2H3. The molecular formula is C16H15BrClF2N. The van der Waals surface area contributed by atoms with Crippen molar-refractivity contribution < 1.29 is 8.78 Å². The van der Waals surface area contributed by atoms with Gasteiger partial charge in [0, 0.05) is 10.6 Å². The highest BCUT2D eigenvalue weighted by atomic mass is 79.9. The number of aryl methyl sites for hydroxylation is 1. The third-order valence-electron chi connectivity index (χ3n) is 3.16. The quantitative estimate of drug-likeness (QED) is 0.708. The molecule has 0 aliphatic rings. The zero-order chi connectivity index (χ0) is 15.6. The molecule has 2 aromatic carbocycles. The summed E-state index contributed by atoms with van der Waals surface area (Å²) in [6.07, 6.45) is 0. The summed E-state index contributed by atoms with van der Waals surface area (Å²) in [5, 5.41) is 3.75. The van der Waals surface area contributed by atoms with Gasteiger partial charge in [0.1, 0.15) is 11.6 Å². The highest BCUT2D eigenvalue weighted by Crippen LogP contribution is 2.30. The number of hydrogen-bond acceptors (Lipinski definition) is 1. The van der Waals surface area contributed by atoms with Crippen molar-refractivity contribution in [3.8, 4) is 0 Å². The summed E-state index contributed by atoms with van der Waals surface area (Å²) >= 11 is 9.07. The molecule has 2 aromatic rings. The van der Waals surface area contributed by atoms with E-state index in [-0.39, 0.29) is 10.0 Å². The second-order valence-electron chi connectivity index (χ2n) is 4.84. The molecule has 0 bridgehead atoms. The van der Waals surface area contributed by atoms with E-state index in [4.69, 9.17) is 11.6 Å². The van der Waals surface area contributed by atoms with E-state index in [1.54, 1.807) is 6.07 Å². The molecule has 5 heteroatoms. The molecule has 0 saturated heterocycles. The van der Waals surface area contributed by atoms with Gasteiger partial charge in [0.25, 0.3) is 0 Å². The minimum atomic E-state index is -0.493. The maximum atomic E-state index is 14.2. The smallest absolute Gasteiger partial charge is 0.137 e. The molecule has 0 saturated carbocycles. The monoisotopic (exact) mass is 373 g/mol. The Morgan fingerprint density at radius 3 is 2.48 bits per heavy atom. The fourth-order valence-electron chi connectivity index (χ4n) is 2.30. The number of halogens is 4. The van der Waals surface area contributed by atoms with Crippen LogP contribution >= 0.6 is 27.5 Å². The zero-order valence-corrected chi connectivity index (χ0v) is 14.0. The average Bonchev–Trinajstić information content (AvgIpc) is 2.39. The highest BCUT2D eigenvalue weighted by Gasteiger charge is 2.20.